The molecule has 64 heavy (non-hydrogen) atoms. The maximum atomic E-state index is 13.5. The van der Waals surface area contributed by atoms with Crippen molar-refractivity contribution >= 4 is 58.1 Å². The van der Waals surface area contributed by atoms with E-state index in [0.717, 1.165) is 105 Å². The lowest BCUT2D eigenvalue weighted by atomic mass is 9.86. The Bertz CT molecular complexity index is 2450. The number of anilines is 2. The number of nitrogens with one attached hydrogen (secondary N) is 3. The molecule has 7 heterocycles. The molecule has 5 aliphatic heterocycles. The molecule has 0 spiro atoms. The van der Waals surface area contributed by atoms with Crippen LogP contribution in [-0.4, -0.2) is 134 Å². The normalized spacial score (nSPS) is 23.5. The largest absolute Gasteiger partial charge is 0.370 e. The molecule has 0 radical (unpaired) electrons. The first-order chi connectivity index (χ1) is 31.1. The van der Waals surface area contributed by atoms with Gasteiger partial charge in [0.1, 0.15) is 17.9 Å². The summed E-state index contributed by atoms with van der Waals surface area (Å²) < 4.78 is 2.12. The highest BCUT2D eigenvalue weighted by atomic mass is 16.2. The van der Waals surface area contributed by atoms with Crippen LogP contribution in [-0.2, 0) is 25.6 Å². The Morgan fingerprint density at radius 2 is 1.56 bits per heavy atom. The number of fused-ring (bicyclic) bond motifs is 2. The molecule has 6 amide bonds. The first kappa shape index (κ1) is 41.8. The molecule has 334 valence electrons. The van der Waals surface area contributed by atoms with Gasteiger partial charge in [0.05, 0.1) is 29.8 Å². The number of amides is 6. The molecule has 3 N–H and O–H groups in total. The summed E-state index contributed by atoms with van der Waals surface area (Å²) in [5, 5.41) is 8.95. The summed E-state index contributed by atoms with van der Waals surface area (Å²) in [7, 11) is 0. The SMILES string of the molecule is O=C1CC[C@H](N2C(=O)c3ccc(N4CC(C(=O)N5CCC(CN6CCC(CCNc7ncnc8c7ncn8C7CC(NC(=O)Cc8ccccc8)C7)CC6)CC5)C4)cc3C2=O)C(=O)N1. The maximum Gasteiger partial charge on any atom is 0.262 e. The summed E-state index contributed by atoms with van der Waals surface area (Å²) in [6.07, 6.45) is 11.2. The number of nitrogens with zero attached hydrogens (tertiary/aromatic N) is 8. The molecule has 10 rings (SSSR count). The third-order valence-corrected chi connectivity index (χ3v) is 14.5. The van der Waals surface area contributed by atoms with Crippen LogP contribution >= 0.6 is 0 Å². The molecule has 2 aromatic heterocycles. The first-order valence-corrected chi connectivity index (χ1v) is 23.0. The van der Waals surface area contributed by atoms with Crippen LogP contribution in [0.5, 0.6) is 0 Å². The molecule has 1 atom stereocenters. The Kier molecular flexibility index (Phi) is 11.6. The molecule has 6 aliphatic rings. The summed E-state index contributed by atoms with van der Waals surface area (Å²) in [6, 6.07) is 14.3. The van der Waals surface area contributed by atoms with Crippen molar-refractivity contribution in [1.29, 1.82) is 0 Å². The Morgan fingerprint density at radius 3 is 2.33 bits per heavy atom. The van der Waals surface area contributed by atoms with Crippen LogP contribution in [0.3, 0.4) is 0 Å². The number of benzene rings is 2. The van der Waals surface area contributed by atoms with Crippen LogP contribution < -0.4 is 20.9 Å². The number of rotatable bonds is 13. The minimum atomic E-state index is -1.000. The second-order valence-corrected chi connectivity index (χ2v) is 18.6. The van der Waals surface area contributed by atoms with E-state index in [9.17, 15) is 28.8 Å². The molecule has 5 fully saturated rings. The summed E-state index contributed by atoms with van der Waals surface area (Å²) >= 11 is 0. The van der Waals surface area contributed by atoms with Gasteiger partial charge in [-0.3, -0.25) is 39.0 Å². The lowest BCUT2D eigenvalue weighted by molar-refractivity contribution is -0.138. The molecule has 2 aromatic carbocycles. The maximum absolute atomic E-state index is 13.5. The van der Waals surface area contributed by atoms with Crippen LogP contribution in [0.15, 0.2) is 61.2 Å². The molecule has 1 saturated carbocycles. The van der Waals surface area contributed by atoms with Crippen molar-refractivity contribution < 1.29 is 28.8 Å². The lowest BCUT2D eigenvalue weighted by Crippen LogP contribution is -2.56. The fourth-order valence-electron chi connectivity index (χ4n) is 10.6. The predicted octanol–water partition coefficient (Wildman–Crippen LogP) is 3.18. The predicted molar refractivity (Wildman–Crippen MR) is 236 cm³/mol. The van der Waals surface area contributed by atoms with Crippen molar-refractivity contribution in [3.63, 3.8) is 0 Å². The molecular weight excluding hydrogens is 815 g/mol. The highest BCUT2D eigenvalue weighted by Crippen LogP contribution is 2.36. The van der Waals surface area contributed by atoms with Crippen molar-refractivity contribution in [3.8, 4) is 0 Å². The van der Waals surface area contributed by atoms with E-state index in [1.165, 1.54) is 12.8 Å². The van der Waals surface area contributed by atoms with Gasteiger partial charge in [0, 0.05) is 63.5 Å². The summed E-state index contributed by atoms with van der Waals surface area (Å²) in [5.41, 5.74) is 3.89. The highest BCUT2D eigenvalue weighted by molar-refractivity contribution is 6.23. The van der Waals surface area contributed by atoms with Crippen molar-refractivity contribution in [1.82, 2.24) is 44.9 Å². The Balaban J connectivity index is 0.617. The van der Waals surface area contributed by atoms with Gasteiger partial charge in [-0.25, -0.2) is 15.0 Å². The second kappa shape index (κ2) is 17.7. The zero-order chi connectivity index (χ0) is 43.9. The average Bonchev–Trinajstić information content (AvgIpc) is 3.80. The van der Waals surface area contributed by atoms with Crippen molar-refractivity contribution in [2.45, 2.75) is 82.3 Å². The van der Waals surface area contributed by atoms with E-state index in [1.807, 2.05) is 41.6 Å². The Morgan fingerprint density at radius 1 is 0.812 bits per heavy atom. The molecule has 17 heteroatoms. The van der Waals surface area contributed by atoms with Gasteiger partial charge in [-0.1, -0.05) is 30.3 Å². The molecule has 1 aliphatic carbocycles. The third kappa shape index (κ3) is 8.44. The first-order valence-electron chi connectivity index (χ1n) is 23.0. The van der Waals surface area contributed by atoms with Crippen molar-refractivity contribution in [2.24, 2.45) is 17.8 Å². The van der Waals surface area contributed by atoms with Gasteiger partial charge < -0.3 is 29.9 Å². The fourth-order valence-corrected chi connectivity index (χ4v) is 10.6. The van der Waals surface area contributed by atoms with Crippen LogP contribution in [0.4, 0.5) is 11.5 Å². The Labute approximate surface area is 371 Å². The minimum Gasteiger partial charge on any atom is -0.370 e. The summed E-state index contributed by atoms with van der Waals surface area (Å²) in [5.74, 6) is 0.0389. The van der Waals surface area contributed by atoms with E-state index in [2.05, 4.69) is 40.3 Å². The zero-order valence-corrected chi connectivity index (χ0v) is 36.0. The number of aromatic nitrogens is 4. The molecule has 4 saturated heterocycles. The van der Waals surface area contributed by atoms with Crippen LogP contribution in [0.25, 0.3) is 11.2 Å². The van der Waals surface area contributed by atoms with Gasteiger partial charge in [0.25, 0.3) is 11.8 Å². The van der Waals surface area contributed by atoms with Gasteiger partial charge in [0.2, 0.25) is 23.6 Å². The fraction of sp³-hybridized carbons (Fsp3) is 0.511. The summed E-state index contributed by atoms with van der Waals surface area (Å²) in [6.45, 7) is 6.74. The van der Waals surface area contributed by atoms with E-state index in [4.69, 9.17) is 4.98 Å². The highest BCUT2D eigenvalue weighted by Gasteiger charge is 2.45. The number of piperidine rings is 3. The number of likely N-dealkylation sites (tertiary alicyclic amines) is 2. The van der Waals surface area contributed by atoms with Gasteiger partial charge in [0.15, 0.2) is 11.5 Å². The molecular formula is C47H55N11O6. The lowest BCUT2D eigenvalue weighted by Gasteiger charge is -2.44. The number of carbonyl (C=O) groups is 6. The van der Waals surface area contributed by atoms with Crippen molar-refractivity contribution in [3.05, 3.63) is 77.9 Å². The summed E-state index contributed by atoms with van der Waals surface area (Å²) in [4.78, 5) is 97.9. The monoisotopic (exact) mass is 869 g/mol. The van der Waals surface area contributed by atoms with E-state index >= 15 is 0 Å². The smallest absolute Gasteiger partial charge is 0.262 e. The standard InChI is InChI=1S/C47H55N11O6/c59-39-9-8-38(44(61)53-39)58-46(63)36-7-6-34(23-37(36)47(58)64)56-25-32(26-56)45(62)55-18-13-31(14-19-55)24-54-16-11-29(12-17-54)10-15-48-42-41-43(50-27-49-42)57(28-51-41)35-21-33(22-35)52-40(60)20-30-4-2-1-3-5-30/h1-7,23,27-29,31-33,35,38H,8-22,24-26H2,(H,52,60)(H,48,49,50)(H,53,59,61)/t33?,35?,38-/m0/s1. The minimum absolute atomic E-state index is 0.0538. The average molecular weight is 870 g/mol. The van der Waals surface area contributed by atoms with Crippen LogP contribution in [0.2, 0.25) is 0 Å². The van der Waals surface area contributed by atoms with Crippen LogP contribution in [0.1, 0.15) is 90.1 Å². The number of carbonyl (C=O) groups excluding carboxylic acids is 6. The van der Waals surface area contributed by atoms with Gasteiger partial charge in [-0.15, -0.1) is 0 Å². The molecule has 17 nitrogen and oxygen atoms in total. The molecule has 0 unspecified atom stereocenters. The second-order valence-electron chi connectivity index (χ2n) is 18.6. The topological polar surface area (TPSA) is 195 Å². The number of imide groups is 2. The van der Waals surface area contributed by atoms with Gasteiger partial charge >= 0.3 is 0 Å². The zero-order valence-electron chi connectivity index (χ0n) is 36.0. The number of imidazole rings is 1. The van der Waals surface area contributed by atoms with E-state index < -0.39 is 29.7 Å². The quantitative estimate of drug-likeness (QED) is 0.167. The van der Waals surface area contributed by atoms with Crippen molar-refractivity contribution in [2.75, 3.05) is 62.6 Å². The molecule has 0 bridgehead atoms. The van der Waals surface area contributed by atoms with Gasteiger partial charge in [-0.2, -0.15) is 0 Å². The molecule has 4 aromatic rings. The van der Waals surface area contributed by atoms with Crippen LogP contribution in [0, 0.1) is 17.8 Å². The number of hydrogen-bond acceptors (Lipinski definition) is 12. The van der Waals surface area contributed by atoms with Gasteiger partial charge in [-0.05, 0) is 100 Å². The Hall–Kier alpha value is -6.23. The third-order valence-electron chi connectivity index (χ3n) is 14.5. The van der Waals surface area contributed by atoms with E-state index in [-0.39, 0.29) is 53.8 Å². The number of hydrogen-bond donors (Lipinski definition) is 3. The van der Waals surface area contributed by atoms with E-state index in [1.54, 1.807) is 24.5 Å². The van der Waals surface area contributed by atoms with E-state index in [0.29, 0.717) is 31.3 Å².